The molecule has 5 heteroatoms. The third-order valence-corrected chi connectivity index (χ3v) is 3.76. The molecular weight excluding hydrogens is 237 g/mol. The summed E-state index contributed by atoms with van der Waals surface area (Å²) in [5.41, 5.74) is 0.965. The molecule has 0 aliphatic carbocycles. The minimum atomic E-state index is -3.05. The highest BCUT2D eigenvalue weighted by molar-refractivity contribution is 7.53. The molecular formula is C12H18NO3P. The molecule has 0 heterocycles. The maximum absolute atomic E-state index is 12.0. The zero-order valence-electron chi connectivity index (χ0n) is 10.2. The summed E-state index contributed by atoms with van der Waals surface area (Å²) in [7, 11) is -3.05. The van der Waals surface area contributed by atoms with Crippen LogP contribution in [0.4, 0.5) is 0 Å². The number of hydrogen-bond acceptors (Lipinski definition) is 4. The average Bonchev–Trinajstić information content (AvgIpc) is 2.31. The van der Waals surface area contributed by atoms with Crippen molar-refractivity contribution < 1.29 is 13.6 Å². The lowest BCUT2D eigenvalue weighted by Gasteiger charge is -2.14. The Kier molecular flexibility index (Phi) is 6.12. The SMILES string of the molecule is CCOP(=O)(C/N=C/c1ccccc1)OCC. The zero-order valence-corrected chi connectivity index (χ0v) is 11.1. The lowest BCUT2D eigenvalue weighted by atomic mass is 10.2. The molecule has 0 atom stereocenters. The highest BCUT2D eigenvalue weighted by atomic mass is 31.2. The third-order valence-electron chi connectivity index (χ3n) is 1.95. The molecule has 0 aliphatic rings. The predicted octanol–water partition coefficient (Wildman–Crippen LogP) is 3.33. The van der Waals surface area contributed by atoms with Gasteiger partial charge >= 0.3 is 7.60 Å². The van der Waals surface area contributed by atoms with Crippen molar-refractivity contribution in [3.05, 3.63) is 35.9 Å². The fourth-order valence-electron chi connectivity index (χ4n) is 1.30. The number of aliphatic imine (C=N–C) groups is 1. The smallest absolute Gasteiger partial charge is 0.308 e. The summed E-state index contributed by atoms with van der Waals surface area (Å²) in [6.07, 6.45) is 1.73. The Balaban J connectivity index is 2.58. The molecule has 1 rings (SSSR count). The van der Waals surface area contributed by atoms with E-state index >= 15 is 0 Å². The maximum Gasteiger partial charge on any atom is 0.351 e. The van der Waals surface area contributed by atoms with E-state index in [2.05, 4.69) is 4.99 Å². The van der Waals surface area contributed by atoms with Gasteiger partial charge in [-0.3, -0.25) is 9.56 Å². The molecule has 0 aliphatic heterocycles. The summed E-state index contributed by atoms with van der Waals surface area (Å²) >= 11 is 0. The van der Waals surface area contributed by atoms with Gasteiger partial charge in [-0.1, -0.05) is 30.3 Å². The molecule has 0 unspecified atom stereocenters. The van der Waals surface area contributed by atoms with Gasteiger partial charge in [-0.25, -0.2) is 0 Å². The second kappa shape index (κ2) is 7.38. The van der Waals surface area contributed by atoms with Crippen molar-refractivity contribution in [2.24, 2.45) is 4.99 Å². The minimum absolute atomic E-state index is 0.0591. The van der Waals surface area contributed by atoms with Crippen LogP contribution in [0.15, 0.2) is 35.3 Å². The molecule has 0 aromatic heterocycles. The lowest BCUT2D eigenvalue weighted by Crippen LogP contribution is -1.98. The molecule has 0 fully saturated rings. The van der Waals surface area contributed by atoms with Gasteiger partial charge in [-0.05, 0) is 19.4 Å². The summed E-state index contributed by atoms with van der Waals surface area (Å²) < 4.78 is 22.3. The fraction of sp³-hybridized carbons (Fsp3) is 0.417. The summed E-state index contributed by atoms with van der Waals surface area (Å²) in [6.45, 7) is 4.29. The highest BCUT2D eigenvalue weighted by Crippen LogP contribution is 2.47. The van der Waals surface area contributed by atoms with E-state index in [1.165, 1.54) is 0 Å². The van der Waals surface area contributed by atoms with Gasteiger partial charge in [0, 0.05) is 6.21 Å². The second-order valence-corrected chi connectivity index (χ2v) is 5.33. The van der Waals surface area contributed by atoms with E-state index in [1.807, 2.05) is 30.3 Å². The Hall–Kier alpha value is -0.960. The number of rotatable bonds is 7. The average molecular weight is 255 g/mol. The van der Waals surface area contributed by atoms with Crippen LogP contribution in [-0.2, 0) is 13.6 Å². The van der Waals surface area contributed by atoms with E-state index in [4.69, 9.17) is 9.05 Å². The van der Waals surface area contributed by atoms with Crippen LogP contribution in [0.25, 0.3) is 0 Å². The normalized spacial score (nSPS) is 12.1. The molecule has 17 heavy (non-hydrogen) atoms. The van der Waals surface area contributed by atoms with Crippen molar-refractivity contribution in [2.75, 3.05) is 19.5 Å². The van der Waals surface area contributed by atoms with Gasteiger partial charge in [0.2, 0.25) is 0 Å². The maximum atomic E-state index is 12.0. The first kappa shape index (κ1) is 14.1. The summed E-state index contributed by atoms with van der Waals surface area (Å²) in [5, 5.41) is 0. The Bertz CT molecular complexity index is 382. The molecule has 0 amide bonds. The van der Waals surface area contributed by atoms with Crippen molar-refractivity contribution >= 4 is 13.8 Å². The fourth-order valence-corrected chi connectivity index (χ4v) is 2.60. The van der Waals surface area contributed by atoms with Crippen LogP contribution in [0, 0.1) is 0 Å². The lowest BCUT2D eigenvalue weighted by molar-refractivity contribution is 0.221. The zero-order chi connectivity index (χ0) is 12.6. The Morgan fingerprint density at radius 2 is 1.76 bits per heavy atom. The third kappa shape index (κ3) is 5.26. The summed E-state index contributed by atoms with van der Waals surface area (Å²) in [4.78, 5) is 4.11. The Morgan fingerprint density at radius 1 is 1.18 bits per heavy atom. The van der Waals surface area contributed by atoms with E-state index in [0.29, 0.717) is 13.2 Å². The molecule has 0 saturated carbocycles. The van der Waals surface area contributed by atoms with E-state index in [1.54, 1.807) is 20.1 Å². The minimum Gasteiger partial charge on any atom is -0.308 e. The highest BCUT2D eigenvalue weighted by Gasteiger charge is 2.22. The molecule has 0 radical (unpaired) electrons. The van der Waals surface area contributed by atoms with E-state index in [9.17, 15) is 4.57 Å². The number of nitrogens with zero attached hydrogens (tertiary/aromatic N) is 1. The van der Waals surface area contributed by atoms with Crippen molar-refractivity contribution in [2.45, 2.75) is 13.8 Å². The first-order valence-corrected chi connectivity index (χ1v) is 7.36. The molecule has 4 nitrogen and oxygen atoms in total. The van der Waals surface area contributed by atoms with Crippen LogP contribution in [-0.4, -0.2) is 25.7 Å². The quantitative estimate of drug-likeness (QED) is 0.554. The second-order valence-electron chi connectivity index (χ2n) is 3.31. The molecule has 0 bridgehead atoms. The molecule has 1 aromatic rings. The van der Waals surface area contributed by atoms with Gasteiger partial charge in [0.1, 0.15) is 6.29 Å². The monoisotopic (exact) mass is 255 g/mol. The molecule has 0 N–H and O–H groups in total. The van der Waals surface area contributed by atoms with Crippen molar-refractivity contribution in [1.29, 1.82) is 0 Å². The Labute approximate surface area is 102 Å². The van der Waals surface area contributed by atoms with Gasteiger partial charge in [0.25, 0.3) is 0 Å². The number of hydrogen-bond donors (Lipinski definition) is 0. The summed E-state index contributed by atoms with van der Waals surface area (Å²) in [6, 6.07) is 9.63. The van der Waals surface area contributed by atoms with Gasteiger partial charge in [0.15, 0.2) is 0 Å². The van der Waals surface area contributed by atoms with Crippen LogP contribution in [0.3, 0.4) is 0 Å². The van der Waals surface area contributed by atoms with Gasteiger partial charge in [-0.15, -0.1) is 0 Å². The van der Waals surface area contributed by atoms with Crippen LogP contribution in [0.2, 0.25) is 0 Å². The van der Waals surface area contributed by atoms with Crippen LogP contribution in [0.5, 0.6) is 0 Å². The van der Waals surface area contributed by atoms with E-state index in [0.717, 1.165) is 5.56 Å². The molecule has 1 aromatic carbocycles. The predicted molar refractivity (Wildman–Crippen MR) is 69.8 cm³/mol. The van der Waals surface area contributed by atoms with Crippen molar-refractivity contribution in [3.63, 3.8) is 0 Å². The van der Waals surface area contributed by atoms with Crippen molar-refractivity contribution in [1.82, 2.24) is 0 Å². The van der Waals surface area contributed by atoms with Gasteiger partial charge < -0.3 is 9.05 Å². The molecule has 94 valence electrons. The van der Waals surface area contributed by atoms with Crippen molar-refractivity contribution in [3.8, 4) is 0 Å². The Morgan fingerprint density at radius 3 is 2.29 bits per heavy atom. The van der Waals surface area contributed by atoms with E-state index in [-0.39, 0.29) is 6.29 Å². The topological polar surface area (TPSA) is 47.9 Å². The van der Waals surface area contributed by atoms with Crippen LogP contribution < -0.4 is 0 Å². The molecule has 0 spiro atoms. The first-order valence-electron chi connectivity index (χ1n) is 5.63. The van der Waals surface area contributed by atoms with Gasteiger partial charge in [-0.2, -0.15) is 0 Å². The van der Waals surface area contributed by atoms with Gasteiger partial charge in [0.05, 0.1) is 13.2 Å². The first-order chi connectivity index (χ1) is 8.20. The van der Waals surface area contributed by atoms with E-state index < -0.39 is 7.60 Å². The van der Waals surface area contributed by atoms with Crippen LogP contribution >= 0.6 is 7.60 Å². The molecule has 0 saturated heterocycles. The number of benzene rings is 1. The summed E-state index contributed by atoms with van der Waals surface area (Å²) in [5.74, 6) is 0. The standard InChI is InChI=1S/C12H18NO3P/c1-3-15-17(14,16-4-2)11-13-10-12-8-6-5-7-9-12/h5-10H,3-4,11H2,1-2H3/b13-10+. The largest absolute Gasteiger partial charge is 0.351 e. The van der Waals surface area contributed by atoms with Crippen LogP contribution in [0.1, 0.15) is 19.4 Å².